The molecule has 0 bridgehead atoms. The molecule has 0 saturated carbocycles. The molecular formula is C9H16F2N2. The smallest absolute Gasteiger partial charge is 0.265 e. The largest absolute Gasteiger partial charge is 0.317 e. The second kappa shape index (κ2) is 3.17. The van der Waals surface area contributed by atoms with Crippen molar-refractivity contribution < 1.29 is 8.78 Å². The molecule has 0 atom stereocenters. The van der Waals surface area contributed by atoms with Crippen LogP contribution in [0.4, 0.5) is 8.78 Å². The zero-order valence-electron chi connectivity index (χ0n) is 7.71. The predicted molar refractivity (Wildman–Crippen MR) is 47.0 cm³/mol. The van der Waals surface area contributed by atoms with Crippen molar-refractivity contribution in [3.8, 4) is 0 Å². The first-order chi connectivity index (χ1) is 6.16. The van der Waals surface area contributed by atoms with Gasteiger partial charge in [-0.3, -0.25) is 0 Å². The fraction of sp³-hybridized carbons (Fsp3) is 1.00. The average Bonchev–Trinajstić information content (AvgIpc) is 2.12. The first-order valence-electron chi connectivity index (χ1n) is 4.96. The van der Waals surface area contributed by atoms with Crippen LogP contribution in [0.25, 0.3) is 0 Å². The van der Waals surface area contributed by atoms with Crippen LogP contribution in [0.3, 0.4) is 0 Å². The van der Waals surface area contributed by atoms with Crippen LogP contribution < -0.4 is 10.6 Å². The van der Waals surface area contributed by atoms with Crippen molar-refractivity contribution in [2.24, 2.45) is 5.41 Å². The molecule has 0 aromatic heterocycles. The van der Waals surface area contributed by atoms with Gasteiger partial charge in [-0.2, -0.15) is 0 Å². The lowest BCUT2D eigenvalue weighted by atomic mass is 9.69. The lowest BCUT2D eigenvalue weighted by Gasteiger charge is -2.46. The molecule has 2 N–H and O–H groups in total. The van der Waals surface area contributed by atoms with Gasteiger partial charge in [0, 0.05) is 5.41 Å². The summed E-state index contributed by atoms with van der Waals surface area (Å²) in [5.41, 5.74) is -0.705. The Hall–Kier alpha value is -0.220. The third-order valence-corrected chi connectivity index (χ3v) is 3.46. The minimum absolute atomic E-state index is 0.132. The van der Waals surface area contributed by atoms with E-state index in [0.717, 1.165) is 19.6 Å². The molecule has 76 valence electrons. The van der Waals surface area contributed by atoms with Gasteiger partial charge in [-0.1, -0.05) is 0 Å². The van der Waals surface area contributed by atoms with Crippen molar-refractivity contribution in [1.82, 2.24) is 10.6 Å². The molecule has 0 unspecified atom stereocenters. The summed E-state index contributed by atoms with van der Waals surface area (Å²) in [5, 5.41) is 5.92. The Bertz CT molecular complexity index is 180. The molecule has 0 aliphatic carbocycles. The van der Waals surface area contributed by atoms with Crippen LogP contribution in [0.2, 0.25) is 0 Å². The van der Waals surface area contributed by atoms with Gasteiger partial charge in [-0.25, -0.2) is 8.78 Å². The summed E-state index contributed by atoms with van der Waals surface area (Å²) in [7, 11) is 0. The maximum Gasteiger partial charge on any atom is 0.265 e. The van der Waals surface area contributed by atoms with E-state index in [2.05, 4.69) is 10.6 Å². The van der Waals surface area contributed by atoms with Crippen molar-refractivity contribution >= 4 is 0 Å². The van der Waals surface area contributed by atoms with Crippen LogP contribution in [0.15, 0.2) is 0 Å². The monoisotopic (exact) mass is 190 g/mol. The SMILES string of the molecule is FC1(F)CNCCC12CCNCC2. The highest BCUT2D eigenvalue weighted by molar-refractivity contribution is 4.99. The summed E-state index contributed by atoms with van der Waals surface area (Å²) in [5.74, 6) is -2.51. The van der Waals surface area contributed by atoms with Gasteiger partial charge in [-0.15, -0.1) is 0 Å². The van der Waals surface area contributed by atoms with Crippen LogP contribution in [0.1, 0.15) is 19.3 Å². The van der Waals surface area contributed by atoms with E-state index in [1.807, 2.05) is 0 Å². The van der Waals surface area contributed by atoms with Crippen LogP contribution in [0.5, 0.6) is 0 Å². The number of hydrogen-bond donors (Lipinski definition) is 2. The molecule has 0 amide bonds. The molecule has 1 spiro atoms. The molecule has 2 nitrogen and oxygen atoms in total. The van der Waals surface area contributed by atoms with Gasteiger partial charge < -0.3 is 10.6 Å². The number of nitrogens with one attached hydrogen (secondary N) is 2. The Kier molecular flexibility index (Phi) is 2.28. The first-order valence-corrected chi connectivity index (χ1v) is 4.96. The van der Waals surface area contributed by atoms with Crippen molar-refractivity contribution in [2.75, 3.05) is 26.2 Å². The zero-order chi connectivity index (χ0) is 9.36. The molecule has 2 fully saturated rings. The molecule has 13 heavy (non-hydrogen) atoms. The van der Waals surface area contributed by atoms with E-state index < -0.39 is 11.3 Å². The molecule has 0 aromatic carbocycles. The van der Waals surface area contributed by atoms with E-state index in [9.17, 15) is 8.78 Å². The van der Waals surface area contributed by atoms with E-state index in [1.165, 1.54) is 0 Å². The van der Waals surface area contributed by atoms with Crippen LogP contribution in [-0.4, -0.2) is 32.1 Å². The summed E-state index contributed by atoms with van der Waals surface area (Å²) in [4.78, 5) is 0. The Morgan fingerprint density at radius 2 is 1.38 bits per heavy atom. The molecule has 2 saturated heterocycles. The Morgan fingerprint density at radius 3 is 2.00 bits per heavy atom. The minimum atomic E-state index is -2.51. The van der Waals surface area contributed by atoms with Gasteiger partial charge in [0.1, 0.15) is 0 Å². The first kappa shape index (κ1) is 9.34. The topological polar surface area (TPSA) is 24.1 Å². The lowest BCUT2D eigenvalue weighted by molar-refractivity contribution is -0.151. The number of rotatable bonds is 0. The Labute approximate surface area is 77.1 Å². The van der Waals surface area contributed by atoms with Crippen molar-refractivity contribution in [2.45, 2.75) is 25.2 Å². The highest BCUT2D eigenvalue weighted by atomic mass is 19.3. The molecule has 4 heteroatoms. The number of halogens is 2. The summed E-state index contributed by atoms with van der Waals surface area (Å²) < 4.78 is 27.3. The molecule has 2 heterocycles. The summed E-state index contributed by atoms with van der Waals surface area (Å²) in [6.07, 6.45) is 1.88. The Morgan fingerprint density at radius 1 is 0.846 bits per heavy atom. The lowest BCUT2D eigenvalue weighted by Crippen LogP contribution is -2.57. The third-order valence-electron chi connectivity index (χ3n) is 3.46. The fourth-order valence-electron chi connectivity index (χ4n) is 2.46. The van der Waals surface area contributed by atoms with E-state index in [-0.39, 0.29) is 6.54 Å². The highest BCUT2D eigenvalue weighted by Crippen LogP contribution is 2.47. The van der Waals surface area contributed by atoms with Crippen molar-refractivity contribution in [3.63, 3.8) is 0 Å². The second-order valence-corrected chi connectivity index (χ2v) is 4.16. The molecule has 0 radical (unpaired) electrons. The fourth-order valence-corrected chi connectivity index (χ4v) is 2.46. The minimum Gasteiger partial charge on any atom is -0.317 e. The number of hydrogen-bond acceptors (Lipinski definition) is 2. The Balaban J connectivity index is 2.16. The van der Waals surface area contributed by atoms with E-state index in [1.54, 1.807) is 0 Å². The van der Waals surface area contributed by atoms with Crippen molar-refractivity contribution in [3.05, 3.63) is 0 Å². The van der Waals surface area contributed by atoms with Crippen LogP contribution in [-0.2, 0) is 0 Å². The standard InChI is InChI=1S/C9H16F2N2/c10-9(11)7-13-6-3-8(9)1-4-12-5-2-8/h12-13H,1-7H2. The predicted octanol–water partition coefficient (Wildman–Crippen LogP) is 0.985. The molecule has 2 aliphatic rings. The summed E-state index contributed by atoms with van der Waals surface area (Å²) in [6, 6.07) is 0. The van der Waals surface area contributed by atoms with Gasteiger partial charge in [0.15, 0.2) is 0 Å². The maximum atomic E-state index is 13.7. The van der Waals surface area contributed by atoms with E-state index >= 15 is 0 Å². The molecule has 2 rings (SSSR count). The zero-order valence-corrected chi connectivity index (χ0v) is 7.71. The number of alkyl halides is 2. The van der Waals surface area contributed by atoms with Gasteiger partial charge in [0.2, 0.25) is 0 Å². The average molecular weight is 190 g/mol. The second-order valence-electron chi connectivity index (χ2n) is 4.16. The van der Waals surface area contributed by atoms with Gasteiger partial charge >= 0.3 is 0 Å². The van der Waals surface area contributed by atoms with Gasteiger partial charge in [0.05, 0.1) is 6.54 Å². The van der Waals surface area contributed by atoms with Gasteiger partial charge in [0.25, 0.3) is 5.92 Å². The third kappa shape index (κ3) is 1.46. The summed E-state index contributed by atoms with van der Waals surface area (Å²) >= 11 is 0. The molecule has 0 aromatic rings. The molecular weight excluding hydrogens is 174 g/mol. The van der Waals surface area contributed by atoms with E-state index in [0.29, 0.717) is 19.3 Å². The summed E-state index contributed by atoms with van der Waals surface area (Å²) in [6.45, 7) is 2.10. The number of piperidine rings is 2. The quantitative estimate of drug-likeness (QED) is 0.595. The van der Waals surface area contributed by atoms with Gasteiger partial charge in [-0.05, 0) is 38.9 Å². The maximum absolute atomic E-state index is 13.7. The molecule has 2 aliphatic heterocycles. The van der Waals surface area contributed by atoms with E-state index in [4.69, 9.17) is 0 Å². The normalized spacial score (nSPS) is 31.8. The van der Waals surface area contributed by atoms with Crippen molar-refractivity contribution in [1.29, 1.82) is 0 Å². The highest BCUT2D eigenvalue weighted by Gasteiger charge is 2.54. The van der Waals surface area contributed by atoms with Crippen LogP contribution in [0, 0.1) is 5.41 Å². The van der Waals surface area contributed by atoms with Crippen LogP contribution >= 0.6 is 0 Å².